The van der Waals surface area contributed by atoms with Crippen molar-refractivity contribution in [1.29, 1.82) is 0 Å². The maximum absolute atomic E-state index is 5.97. The maximum Gasteiger partial charge on any atom is 0.168 e. The first-order valence-electron chi connectivity index (χ1n) is 5.21. The number of nitrogens with two attached hydrogens (primary N) is 1. The molecule has 2 heterocycles. The fraction of sp³-hybridized carbons (Fsp3) is 0. The van der Waals surface area contributed by atoms with E-state index in [-0.39, 0.29) is 0 Å². The Hall–Kier alpha value is -2.18. The highest BCUT2D eigenvalue weighted by molar-refractivity contribution is 6.30. The molecule has 0 fully saturated rings. The number of fused-ring (bicyclic) bond motifs is 1. The lowest BCUT2D eigenvalue weighted by molar-refractivity contribution is 0.895. The molecule has 1 aromatic carbocycles. The third kappa shape index (κ3) is 1.68. The van der Waals surface area contributed by atoms with Crippen LogP contribution < -0.4 is 11.3 Å². The lowest BCUT2D eigenvalue weighted by Gasteiger charge is -2.04. The summed E-state index contributed by atoms with van der Waals surface area (Å²) >= 11 is 5.97. The molecule has 0 aliphatic heterocycles. The molecule has 0 radical (unpaired) electrons. The number of benzene rings is 1. The van der Waals surface area contributed by atoms with E-state index in [1.165, 1.54) is 6.33 Å². The lowest BCUT2D eigenvalue weighted by atomic mass is 10.3. The molecule has 0 spiro atoms. The molecule has 0 amide bonds. The van der Waals surface area contributed by atoms with Gasteiger partial charge in [0.2, 0.25) is 0 Å². The van der Waals surface area contributed by atoms with E-state index in [1.54, 1.807) is 16.9 Å². The predicted molar refractivity (Wildman–Crippen MR) is 69.5 cm³/mol. The summed E-state index contributed by atoms with van der Waals surface area (Å²) in [5.41, 5.74) is 4.02. The van der Waals surface area contributed by atoms with Crippen LogP contribution in [0.5, 0.6) is 0 Å². The van der Waals surface area contributed by atoms with E-state index in [9.17, 15) is 0 Å². The first kappa shape index (κ1) is 10.9. The number of anilines is 1. The van der Waals surface area contributed by atoms with Gasteiger partial charge in [-0.3, -0.25) is 0 Å². The highest BCUT2D eigenvalue weighted by Crippen LogP contribution is 2.22. The third-order valence-electron chi connectivity index (χ3n) is 2.56. The Morgan fingerprint density at radius 1 is 1.28 bits per heavy atom. The van der Waals surface area contributed by atoms with Crippen LogP contribution in [0.3, 0.4) is 0 Å². The molecule has 2 aromatic heterocycles. The Kier molecular flexibility index (Phi) is 2.58. The number of hydrogen-bond donors (Lipinski definition) is 2. The van der Waals surface area contributed by atoms with Crippen LogP contribution in [0.2, 0.25) is 5.02 Å². The summed E-state index contributed by atoms with van der Waals surface area (Å²) < 4.78 is 1.68. The molecule has 18 heavy (non-hydrogen) atoms. The number of nitrogen functional groups attached to an aromatic ring is 1. The minimum atomic E-state index is 0.535. The van der Waals surface area contributed by atoms with Gasteiger partial charge in [0.05, 0.1) is 17.3 Å². The van der Waals surface area contributed by atoms with Crippen LogP contribution in [0.1, 0.15) is 0 Å². The van der Waals surface area contributed by atoms with Gasteiger partial charge in [0.25, 0.3) is 0 Å². The highest BCUT2D eigenvalue weighted by atomic mass is 35.5. The number of halogens is 1. The van der Waals surface area contributed by atoms with Gasteiger partial charge < -0.3 is 5.43 Å². The first-order chi connectivity index (χ1) is 8.79. The van der Waals surface area contributed by atoms with Gasteiger partial charge in [0.15, 0.2) is 11.5 Å². The van der Waals surface area contributed by atoms with E-state index < -0.39 is 0 Å². The van der Waals surface area contributed by atoms with Crippen LogP contribution in [0.15, 0.2) is 36.8 Å². The second-order valence-corrected chi connectivity index (χ2v) is 4.08. The second kappa shape index (κ2) is 4.25. The average Bonchev–Trinajstić information content (AvgIpc) is 2.82. The van der Waals surface area contributed by atoms with Crippen molar-refractivity contribution in [2.75, 3.05) is 5.43 Å². The number of rotatable bonds is 2. The van der Waals surface area contributed by atoms with Crippen LogP contribution >= 0.6 is 11.6 Å². The lowest BCUT2D eigenvalue weighted by Crippen LogP contribution is -2.09. The summed E-state index contributed by atoms with van der Waals surface area (Å²) in [6, 6.07) is 7.37. The number of nitrogens with zero attached hydrogens (tertiary/aromatic N) is 4. The standard InChI is InChI=1S/C11H9ClN6/c12-7-2-1-3-8(4-7)18-11-9(5-16-18)10(17-13)14-6-15-11/h1-6H,13H2,(H,14,15,17). The molecule has 0 unspecified atom stereocenters. The summed E-state index contributed by atoms with van der Waals surface area (Å²) in [5, 5.41) is 5.67. The second-order valence-electron chi connectivity index (χ2n) is 3.64. The summed E-state index contributed by atoms with van der Waals surface area (Å²) in [6.45, 7) is 0. The van der Waals surface area contributed by atoms with Crippen molar-refractivity contribution in [1.82, 2.24) is 19.7 Å². The number of hydrogen-bond acceptors (Lipinski definition) is 5. The molecule has 0 bridgehead atoms. The quantitative estimate of drug-likeness (QED) is 0.542. The van der Waals surface area contributed by atoms with Gasteiger partial charge in [-0.1, -0.05) is 17.7 Å². The van der Waals surface area contributed by atoms with Crippen LogP contribution in [0.4, 0.5) is 5.82 Å². The molecule has 0 aliphatic rings. The van der Waals surface area contributed by atoms with Gasteiger partial charge in [0, 0.05) is 5.02 Å². The van der Waals surface area contributed by atoms with Crippen molar-refractivity contribution in [3.8, 4) is 5.69 Å². The molecule has 0 aliphatic carbocycles. The van der Waals surface area contributed by atoms with Crippen molar-refractivity contribution in [2.45, 2.75) is 0 Å². The van der Waals surface area contributed by atoms with Crippen LogP contribution in [-0.2, 0) is 0 Å². The van der Waals surface area contributed by atoms with Crippen LogP contribution in [-0.4, -0.2) is 19.7 Å². The van der Waals surface area contributed by atoms with E-state index in [0.717, 1.165) is 11.1 Å². The fourth-order valence-electron chi connectivity index (χ4n) is 1.76. The summed E-state index contributed by atoms with van der Waals surface area (Å²) in [4.78, 5) is 8.23. The van der Waals surface area contributed by atoms with Crippen molar-refractivity contribution in [3.63, 3.8) is 0 Å². The zero-order valence-corrected chi connectivity index (χ0v) is 9.96. The van der Waals surface area contributed by atoms with Crippen molar-refractivity contribution in [2.24, 2.45) is 5.84 Å². The molecule has 0 atom stereocenters. The minimum Gasteiger partial charge on any atom is -0.308 e. The zero-order chi connectivity index (χ0) is 12.5. The Labute approximate surface area is 107 Å². The normalized spacial score (nSPS) is 10.8. The topological polar surface area (TPSA) is 81.7 Å². The SMILES string of the molecule is NNc1ncnc2c1cnn2-c1cccc(Cl)c1. The van der Waals surface area contributed by atoms with E-state index in [4.69, 9.17) is 17.4 Å². The molecule has 3 rings (SSSR count). The molecule has 90 valence electrons. The van der Waals surface area contributed by atoms with E-state index in [1.807, 2.05) is 18.2 Å². The summed E-state index contributed by atoms with van der Waals surface area (Å²) in [7, 11) is 0. The van der Waals surface area contributed by atoms with Crippen molar-refractivity contribution in [3.05, 3.63) is 41.8 Å². The minimum absolute atomic E-state index is 0.535. The van der Waals surface area contributed by atoms with Gasteiger partial charge >= 0.3 is 0 Å². The fourth-order valence-corrected chi connectivity index (χ4v) is 1.94. The number of hydrazine groups is 1. The van der Waals surface area contributed by atoms with Crippen molar-refractivity contribution >= 4 is 28.5 Å². The molecule has 7 heteroatoms. The third-order valence-corrected chi connectivity index (χ3v) is 2.79. The zero-order valence-electron chi connectivity index (χ0n) is 9.21. The maximum atomic E-state index is 5.97. The molecule has 0 saturated heterocycles. The van der Waals surface area contributed by atoms with Crippen molar-refractivity contribution < 1.29 is 0 Å². The molecular weight excluding hydrogens is 252 g/mol. The van der Waals surface area contributed by atoms with E-state index in [0.29, 0.717) is 16.5 Å². The van der Waals surface area contributed by atoms with Crippen LogP contribution in [0.25, 0.3) is 16.7 Å². The smallest absolute Gasteiger partial charge is 0.168 e. The highest BCUT2D eigenvalue weighted by Gasteiger charge is 2.10. The molecule has 3 aromatic rings. The van der Waals surface area contributed by atoms with Gasteiger partial charge in [-0.15, -0.1) is 0 Å². The van der Waals surface area contributed by atoms with E-state index in [2.05, 4.69) is 20.5 Å². The van der Waals surface area contributed by atoms with Gasteiger partial charge in [-0.2, -0.15) is 5.10 Å². The Morgan fingerprint density at radius 3 is 2.94 bits per heavy atom. The molecule has 3 N–H and O–H groups in total. The predicted octanol–water partition coefficient (Wildman–Crippen LogP) is 1.75. The van der Waals surface area contributed by atoms with Crippen LogP contribution in [0, 0.1) is 0 Å². The molecule has 0 saturated carbocycles. The first-order valence-corrected chi connectivity index (χ1v) is 5.58. The largest absolute Gasteiger partial charge is 0.308 e. The Morgan fingerprint density at radius 2 is 2.17 bits per heavy atom. The molecular formula is C11H9ClN6. The number of nitrogens with one attached hydrogen (secondary N) is 1. The Bertz CT molecular complexity index is 708. The summed E-state index contributed by atoms with van der Waals surface area (Å²) in [5.74, 6) is 5.92. The van der Waals surface area contributed by atoms with E-state index >= 15 is 0 Å². The monoisotopic (exact) mass is 260 g/mol. The van der Waals surface area contributed by atoms with Gasteiger partial charge in [0.1, 0.15) is 6.33 Å². The van der Waals surface area contributed by atoms with Gasteiger partial charge in [-0.05, 0) is 18.2 Å². The molecule has 6 nitrogen and oxygen atoms in total. The number of aromatic nitrogens is 4. The Balaban J connectivity index is 2.25. The van der Waals surface area contributed by atoms with Gasteiger partial charge in [-0.25, -0.2) is 20.5 Å². The summed E-state index contributed by atoms with van der Waals surface area (Å²) in [6.07, 6.45) is 3.09. The average molecular weight is 261 g/mol.